The number of nitrogens with zero attached hydrogens (tertiary/aromatic N) is 2. The predicted octanol–water partition coefficient (Wildman–Crippen LogP) is 8.43. The Morgan fingerprint density at radius 3 is 2.33 bits per heavy atom. The first-order valence-corrected chi connectivity index (χ1v) is 21.6. The zero-order valence-corrected chi connectivity index (χ0v) is 35.4. The second-order valence-corrected chi connectivity index (χ2v) is 15.7. The van der Waals surface area contributed by atoms with Crippen molar-refractivity contribution in [3.8, 4) is 28.4 Å². The molecule has 0 bridgehead atoms. The number of hydrogen-bond acceptors (Lipinski definition) is 11. The molecule has 0 radical (unpaired) electrons. The number of allylic oxidation sites excluding steroid dienone is 1. The fourth-order valence-corrected chi connectivity index (χ4v) is 9.32. The number of benzene rings is 3. The van der Waals surface area contributed by atoms with Crippen molar-refractivity contribution in [3.05, 3.63) is 115 Å². The quantitative estimate of drug-likeness (QED) is 0.0456. The van der Waals surface area contributed by atoms with E-state index in [1.54, 1.807) is 17.1 Å². The molecule has 1 saturated carbocycles. The van der Waals surface area contributed by atoms with E-state index in [-0.39, 0.29) is 77.0 Å². The van der Waals surface area contributed by atoms with Gasteiger partial charge in [0, 0.05) is 37.7 Å². The van der Waals surface area contributed by atoms with Gasteiger partial charge in [0.15, 0.2) is 0 Å². The molecule has 61 heavy (non-hydrogen) atoms. The van der Waals surface area contributed by atoms with Crippen LogP contribution in [0.15, 0.2) is 115 Å². The molecule has 6 unspecified atom stereocenters. The van der Waals surface area contributed by atoms with E-state index in [9.17, 15) is 20.1 Å². The third-order valence-electron chi connectivity index (χ3n) is 11.9. The number of ether oxygens (including phenoxy) is 5. The summed E-state index contributed by atoms with van der Waals surface area (Å²) in [5.74, 6) is -0.141. The van der Waals surface area contributed by atoms with Crippen LogP contribution in [0.2, 0.25) is 0 Å². The summed E-state index contributed by atoms with van der Waals surface area (Å²) < 4.78 is 32.4. The van der Waals surface area contributed by atoms with E-state index >= 15 is 0 Å². The lowest BCUT2D eigenvalue weighted by Gasteiger charge is -2.59. The summed E-state index contributed by atoms with van der Waals surface area (Å²) in [6.07, 6.45) is 10.3. The number of hydrogen-bond donors (Lipinski definition) is 3. The van der Waals surface area contributed by atoms with Crippen molar-refractivity contribution in [2.45, 2.75) is 69.1 Å². The molecular formula is C49H62N2O10. The van der Waals surface area contributed by atoms with E-state index in [1.807, 2.05) is 54.6 Å². The van der Waals surface area contributed by atoms with Crippen molar-refractivity contribution in [3.63, 3.8) is 0 Å². The van der Waals surface area contributed by atoms with Crippen LogP contribution in [0.1, 0.15) is 62.8 Å². The second kappa shape index (κ2) is 22.7. The predicted molar refractivity (Wildman–Crippen MR) is 235 cm³/mol. The van der Waals surface area contributed by atoms with Gasteiger partial charge in [-0.15, -0.1) is 13.2 Å². The van der Waals surface area contributed by atoms with E-state index in [0.29, 0.717) is 42.2 Å². The van der Waals surface area contributed by atoms with Crippen LogP contribution in [0, 0.1) is 17.8 Å². The monoisotopic (exact) mass is 838 g/mol. The number of fused-ring (bicyclic) bond motifs is 2. The van der Waals surface area contributed by atoms with E-state index in [4.69, 9.17) is 28.5 Å². The molecular weight excluding hydrogens is 777 g/mol. The molecule has 12 nitrogen and oxygen atoms in total. The molecule has 3 N–H and O–H groups in total. The Labute approximate surface area is 360 Å². The minimum Gasteiger partial charge on any atom is -0.459 e. The Kier molecular flexibility index (Phi) is 17.0. The van der Waals surface area contributed by atoms with Gasteiger partial charge < -0.3 is 43.8 Å². The maximum Gasteiger partial charge on any atom is 0.410 e. The largest absolute Gasteiger partial charge is 0.459 e. The van der Waals surface area contributed by atoms with Crippen LogP contribution in [0.5, 0.6) is 17.2 Å². The molecule has 1 heterocycles. The number of oxime groups is 1. The zero-order chi connectivity index (χ0) is 43.0. The number of aliphatic hydroxyl groups excluding tert-OH is 3. The van der Waals surface area contributed by atoms with Crippen molar-refractivity contribution < 1.29 is 48.6 Å². The van der Waals surface area contributed by atoms with Crippen LogP contribution in [0.3, 0.4) is 0 Å². The molecule has 0 saturated heterocycles. The summed E-state index contributed by atoms with van der Waals surface area (Å²) in [5, 5.41) is 33.9. The zero-order valence-electron chi connectivity index (χ0n) is 35.4. The van der Waals surface area contributed by atoms with Gasteiger partial charge in [0.25, 0.3) is 0 Å². The SMILES string of the molecule is C=CCCOC(=O)N(CCOCCO)C1CC(=NOC)C2=CC(CCCCO)C(CCCCO)C3c4cc(Oc5ccc(-c6ccccc6)cc5)ccc4OC1(OCC=C)C23. The van der Waals surface area contributed by atoms with Crippen molar-refractivity contribution in [1.82, 2.24) is 4.90 Å². The molecule has 2 aliphatic carbocycles. The van der Waals surface area contributed by atoms with Gasteiger partial charge in [0.2, 0.25) is 5.79 Å². The summed E-state index contributed by atoms with van der Waals surface area (Å²) in [6.45, 7) is 8.40. The highest BCUT2D eigenvalue weighted by Crippen LogP contribution is 2.62. The summed E-state index contributed by atoms with van der Waals surface area (Å²) in [7, 11) is 1.52. The molecule has 1 fully saturated rings. The van der Waals surface area contributed by atoms with Gasteiger partial charge in [-0.2, -0.15) is 0 Å². The average molecular weight is 839 g/mol. The molecule has 1 amide bonds. The first kappa shape index (κ1) is 45.5. The first-order chi connectivity index (χ1) is 29.9. The van der Waals surface area contributed by atoms with E-state index in [1.165, 1.54) is 7.11 Å². The molecule has 0 spiro atoms. The van der Waals surface area contributed by atoms with Crippen molar-refractivity contribution in [2.75, 3.05) is 59.9 Å². The van der Waals surface area contributed by atoms with Crippen LogP contribution in [-0.4, -0.2) is 104 Å². The number of carbonyl (C=O) groups is 1. The first-order valence-electron chi connectivity index (χ1n) is 21.6. The highest BCUT2D eigenvalue weighted by atomic mass is 16.7. The number of rotatable bonds is 24. The third kappa shape index (κ3) is 10.7. The summed E-state index contributed by atoms with van der Waals surface area (Å²) in [5.41, 5.74) is 4.73. The van der Waals surface area contributed by atoms with Gasteiger partial charge in [-0.05, 0) is 91.0 Å². The van der Waals surface area contributed by atoms with Crippen molar-refractivity contribution in [1.29, 1.82) is 0 Å². The van der Waals surface area contributed by atoms with Gasteiger partial charge in [-0.25, -0.2) is 4.79 Å². The Hall–Kier alpha value is -4.98. The Morgan fingerprint density at radius 1 is 0.885 bits per heavy atom. The number of aliphatic hydroxyl groups is 3. The third-order valence-corrected chi connectivity index (χ3v) is 11.9. The fourth-order valence-electron chi connectivity index (χ4n) is 9.32. The van der Waals surface area contributed by atoms with Crippen LogP contribution >= 0.6 is 0 Å². The van der Waals surface area contributed by atoms with Gasteiger partial charge in [-0.3, -0.25) is 4.90 Å². The fraction of sp³-hybridized carbons (Fsp3) is 0.469. The number of carbonyl (C=O) groups excluding carboxylic acids is 1. The summed E-state index contributed by atoms with van der Waals surface area (Å²) >= 11 is 0. The standard InChI is InChI=1S/C49H62N2O10/c1-4-6-29-58-48(55)51(24-30-57-31-27-54)45-34-43(50-56-3)41-32-37(16-10-12-25-52)40(17-11-13-26-53)46-42-33-39(22-23-44(42)61-49(45,47(41)46)59-28-5-2)60-38-20-18-36(19-21-38)35-14-8-7-9-15-35/h4-5,7-9,14-15,18-23,32-33,37,40,45-47,52-54H,1-2,6,10-13,16-17,24-31,34H2,3H3. The van der Waals surface area contributed by atoms with E-state index < -0.39 is 23.8 Å². The molecule has 12 heteroatoms. The maximum absolute atomic E-state index is 14.3. The maximum atomic E-state index is 14.3. The normalized spacial score (nSPS) is 23.2. The minimum absolute atomic E-state index is 0.0391. The molecule has 1 aliphatic heterocycles. The van der Waals surface area contributed by atoms with Crippen molar-refractivity contribution >= 4 is 11.8 Å². The van der Waals surface area contributed by atoms with E-state index in [2.05, 4.69) is 42.6 Å². The van der Waals surface area contributed by atoms with E-state index in [0.717, 1.165) is 47.9 Å². The molecule has 6 rings (SSSR count). The van der Waals surface area contributed by atoms with Gasteiger partial charge in [-0.1, -0.05) is 78.7 Å². The molecule has 3 aromatic carbocycles. The Morgan fingerprint density at radius 2 is 1.62 bits per heavy atom. The summed E-state index contributed by atoms with van der Waals surface area (Å²) in [4.78, 5) is 21.4. The lowest BCUT2D eigenvalue weighted by molar-refractivity contribution is -0.256. The van der Waals surface area contributed by atoms with Gasteiger partial charge in [0.05, 0.1) is 44.7 Å². The molecule has 3 aliphatic rings. The van der Waals surface area contributed by atoms with Gasteiger partial charge in [0.1, 0.15) is 30.4 Å². The van der Waals surface area contributed by atoms with Crippen LogP contribution in [-0.2, 0) is 19.0 Å². The molecule has 3 aromatic rings. The Balaban J connectivity index is 1.51. The highest BCUT2D eigenvalue weighted by Gasteiger charge is 2.65. The molecule has 328 valence electrons. The minimum atomic E-state index is -1.46. The van der Waals surface area contributed by atoms with Crippen LogP contribution in [0.25, 0.3) is 11.1 Å². The molecule has 6 atom stereocenters. The highest BCUT2D eigenvalue weighted by molar-refractivity contribution is 6.03. The topological polar surface area (TPSA) is 149 Å². The van der Waals surface area contributed by atoms with Crippen molar-refractivity contribution in [2.24, 2.45) is 22.9 Å². The Bertz CT molecular complexity index is 1930. The van der Waals surface area contributed by atoms with Gasteiger partial charge >= 0.3 is 6.09 Å². The average Bonchev–Trinajstić information content (AvgIpc) is 3.28. The van der Waals surface area contributed by atoms with Crippen LogP contribution in [0.4, 0.5) is 4.79 Å². The second-order valence-electron chi connectivity index (χ2n) is 15.7. The molecule has 0 aromatic heterocycles. The smallest absolute Gasteiger partial charge is 0.410 e. The lowest BCUT2D eigenvalue weighted by atomic mass is 9.55. The number of amides is 1. The van der Waals surface area contributed by atoms with Crippen LogP contribution < -0.4 is 9.47 Å². The number of unbranched alkanes of at least 4 members (excludes halogenated alkanes) is 2. The summed E-state index contributed by atoms with van der Waals surface area (Å²) in [6, 6.07) is 23.3. The lowest BCUT2D eigenvalue weighted by Crippen LogP contribution is -2.70.